The minimum Gasteiger partial charge on any atom is -0.459 e. The Morgan fingerprint density at radius 1 is 0.431 bits per heavy atom. The Hall–Kier alpha value is -9.66. The molecule has 6 aromatic carbocycles. The molecule has 0 saturated carbocycles. The van der Waals surface area contributed by atoms with Gasteiger partial charge in [0, 0.05) is 18.4 Å². The quantitative estimate of drug-likeness (QED) is 0.0186. The Morgan fingerprint density at radius 3 is 1.10 bits per heavy atom. The van der Waals surface area contributed by atoms with Crippen LogP contribution in [0.1, 0.15) is 202 Å². The van der Waals surface area contributed by atoms with Gasteiger partial charge < -0.3 is 28.4 Å². The summed E-state index contributed by atoms with van der Waals surface area (Å²) in [6.07, 6.45) is 15.1. The maximum Gasteiger partial charge on any atom is 0.322 e. The van der Waals surface area contributed by atoms with Crippen LogP contribution < -0.4 is 0 Å². The fourth-order valence-corrected chi connectivity index (χ4v) is 10.9. The first kappa shape index (κ1) is 83.0. The molecule has 0 amide bonds. The van der Waals surface area contributed by atoms with Crippen LogP contribution in [0.5, 0.6) is 0 Å². The Morgan fingerprint density at radius 2 is 0.775 bits per heavy atom. The molecule has 14 nitrogen and oxygen atoms in total. The van der Waals surface area contributed by atoms with E-state index in [-0.39, 0.29) is 23.1 Å². The van der Waals surface area contributed by atoms with Crippen LogP contribution in [0.4, 0.5) is 0 Å². The highest BCUT2D eigenvalue weighted by molar-refractivity contribution is 6.12. The number of esters is 4. The maximum atomic E-state index is 13.2. The number of ether oxygens (including phenoxy) is 6. The highest BCUT2D eigenvalue weighted by atomic mass is 16.7. The molecule has 6 aromatic rings. The van der Waals surface area contributed by atoms with E-state index in [1.807, 2.05) is 181 Å². The third-order valence-corrected chi connectivity index (χ3v) is 18.9. The largest absolute Gasteiger partial charge is 0.459 e. The van der Waals surface area contributed by atoms with Crippen LogP contribution in [0.25, 0.3) is 24.3 Å². The van der Waals surface area contributed by atoms with Crippen LogP contribution in [0.15, 0.2) is 196 Å². The van der Waals surface area contributed by atoms with Crippen molar-refractivity contribution in [2.75, 3.05) is 6.61 Å². The molecule has 0 spiro atoms. The first-order valence-electron chi connectivity index (χ1n) is 35.0. The number of carbonyl (C=O) groups excluding carboxylic acids is 8. The van der Waals surface area contributed by atoms with E-state index >= 15 is 0 Å². The zero-order chi connectivity index (χ0) is 75.5. The lowest BCUT2D eigenvalue weighted by molar-refractivity contribution is -0.197. The van der Waals surface area contributed by atoms with Crippen LogP contribution in [-0.2, 0) is 93.3 Å². The highest BCUT2D eigenvalue weighted by Crippen LogP contribution is 2.36. The third-order valence-electron chi connectivity index (χ3n) is 18.9. The van der Waals surface area contributed by atoms with Crippen LogP contribution in [-0.4, -0.2) is 71.8 Å². The third kappa shape index (κ3) is 24.6. The van der Waals surface area contributed by atoms with Crippen molar-refractivity contribution in [2.24, 2.45) is 21.7 Å². The predicted octanol–water partition coefficient (Wildman–Crippen LogP) is 18.8. The molecule has 0 aliphatic carbocycles. The maximum absolute atomic E-state index is 13.2. The summed E-state index contributed by atoms with van der Waals surface area (Å²) in [6.45, 7) is 37.5. The molecule has 1 saturated heterocycles. The summed E-state index contributed by atoms with van der Waals surface area (Å²) >= 11 is 0. The van der Waals surface area contributed by atoms with Crippen LogP contribution in [0, 0.1) is 21.7 Å². The molecular formula is C88H106O14. The van der Waals surface area contributed by atoms with Crippen molar-refractivity contribution in [3.8, 4) is 0 Å². The molecule has 0 bridgehead atoms. The van der Waals surface area contributed by atoms with Gasteiger partial charge in [-0.3, -0.25) is 38.4 Å². The fraction of sp³-hybridized carbons (Fsp3) is 0.386. The van der Waals surface area contributed by atoms with E-state index < -0.39 is 69.3 Å². The van der Waals surface area contributed by atoms with Gasteiger partial charge in [-0.05, 0) is 210 Å². The number of rotatable bonds is 29. The molecule has 0 radical (unpaired) electrons. The summed E-state index contributed by atoms with van der Waals surface area (Å²) < 4.78 is 33.1. The van der Waals surface area contributed by atoms with Crippen molar-refractivity contribution in [3.05, 3.63) is 252 Å². The molecule has 8 rings (SSSR count). The number of Topliss-reactive ketones (excluding diaryl/α,β-unsaturated/α-hetero) is 4. The minimum absolute atomic E-state index is 0.175. The smallest absolute Gasteiger partial charge is 0.322 e. The monoisotopic (exact) mass is 1390 g/mol. The van der Waals surface area contributed by atoms with Crippen LogP contribution >= 0.6 is 0 Å². The standard InChI is InChI=1S/2C24H28O3.C20H24O4.C20H26O4/c1-6-18-12-14-19(15-13-18)16-17-24(5,22(26)27-23(2,3)4)21(25)20-10-8-7-9-11-20;1-6-19-12-14-20(15-13-19)16-17-24(5,18(2)25)22(26)27-23(3,4)21-10-8-7-9-11-21;1-5-16-7-9-17(10-8-16)12-13-20(4,15(3)21)19(22)24-18-11-6-14(2)23-18;1-4-16-8-10-17(11-9-16)12-13-20(3,15(2)21)19(22)24-18-7-5-6-14-23-18/h2*6-15H,1,16-17H2,2-5H3;5-10,18H,1,11-13H2,2-4H3;4,8-11,18H,1,5-7,12-14H2,2-3H3. The molecule has 2 aliphatic rings. The van der Waals surface area contributed by atoms with Crippen LogP contribution in [0.3, 0.4) is 0 Å². The van der Waals surface area contributed by atoms with E-state index in [0.717, 1.165) is 68.7 Å². The molecule has 1 fully saturated rings. The molecule has 6 atom stereocenters. The Labute approximate surface area is 605 Å². The zero-order valence-electron chi connectivity index (χ0n) is 62.3. The zero-order valence-corrected chi connectivity index (χ0v) is 62.3. The summed E-state index contributed by atoms with van der Waals surface area (Å²) in [4.78, 5) is 101. The molecule has 2 aliphatic heterocycles. The van der Waals surface area contributed by atoms with Gasteiger partial charge in [0.1, 0.15) is 50.2 Å². The van der Waals surface area contributed by atoms with Crippen molar-refractivity contribution in [3.63, 3.8) is 0 Å². The van der Waals surface area contributed by atoms with Gasteiger partial charge in [0.05, 0.1) is 12.4 Å². The number of hydrogen-bond acceptors (Lipinski definition) is 14. The molecule has 102 heavy (non-hydrogen) atoms. The van der Waals surface area contributed by atoms with Crippen molar-refractivity contribution < 1.29 is 66.8 Å². The van der Waals surface area contributed by atoms with E-state index in [0.29, 0.717) is 76.4 Å². The van der Waals surface area contributed by atoms with E-state index in [4.69, 9.17) is 28.4 Å². The van der Waals surface area contributed by atoms with Gasteiger partial charge in [0.15, 0.2) is 5.78 Å². The second kappa shape index (κ2) is 38.4. The number of benzene rings is 6. The van der Waals surface area contributed by atoms with Crippen LogP contribution in [0.2, 0.25) is 0 Å². The first-order chi connectivity index (χ1) is 48.1. The minimum atomic E-state index is -1.24. The lowest BCUT2D eigenvalue weighted by Gasteiger charge is -2.32. The van der Waals surface area contributed by atoms with Gasteiger partial charge in [-0.15, -0.1) is 0 Å². The van der Waals surface area contributed by atoms with Gasteiger partial charge in [-0.1, -0.05) is 208 Å². The van der Waals surface area contributed by atoms with Gasteiger partial charge in [-0.25, -0.2) is 0 Å². The summed E-state index contributed by atoms with van der Waals surface area (Å²) in [6, 6.07) is 50.2. The normalized spacial score (nSPS) is 16.3. The summed E-state index contributed by atoms with van der Waals surface area (Å²) in [5, 5.41) is 0. The highest BCUT2D eigenvalue weighted by Gasteiger charge is 2.46. The topological polar surface area (TPSA) is 192 Å². The van der Waals surface area contributed by atoms with Crippen molar-refractivity contribution >= 4 is 71.3 Å². The second-order valence-electron chi connectivity index (χ2n) is 28.4. The molecule has 542 valence electrons. The molecule has 14 heteroatoms. The lowest BCUT2D eigenvalue weighted by atomic mass is 9.77. The average molecular weight is 1390 g/mol. The number of ketones is 4. The molecule has 6 unspecified atom stereocenters. The lowest BCUT2D eigenvalue weighted by Crippen LogP contribution is -2.42. The number of allylic oxidation sites excluding steroid dienone is 1. The summed E-state index contributed by atoms with van der Waals surface area (Å²) in [5.74, 6) is -1.99. The summed E-state index contributed by atoms with van der Waals surface area (Å²) in [5.41, 5.74) is 3.66. The molecular weight excluding hydrogens is 1280 g/mol. The Kier molecular flexibility index (Phi) is 31.2. The first-order valence-corrected chi connectivity index (χ1v) is 35.0. The van der Waals surface area contributed by atoms with E-state index in [1.54, 1.807) is 76.3 Å². The van der Waals surface area contributed by atoms with Crippen molar-refractivity contribution in [1.82, 2.24) is 0 Å². The van der Waals surface area contributed by atoms with Crippen molar-refractivity contribution in [2.45, 2.75) is 191 Å². The van der Waals surface area contributed by atoms with Crippen molar-refractivity contribution in [1.29, 1.82) is 0 Å². The molecule has 0 N–H and O–H groups in total. The van der Waals surface area contributed by atoms with E-state index in [2.05, 4.69) is 26.3 Å². The number of aryl methyl sites for hydroxylation is 4. The van der Waals surface area contributed by atoms with Gasteiger partial charge >= 0.3 is 23.9 Å². The average Bonchev–Trinajstić information content (AvgIpc) is 0.802. The number of hydrogen-bond donors (Lipinski definition) is 0. The van der Waals surface area contributed by atoms with Gasteiger partial charge in [0.25, 0.3) is 0 Å². The van der Waals surface area contributed by atoms with Gasteiger partial charge in [-0.2, -0.15) is 0 Å². The molecule has 0 aromatic heterocycles. The Balaban J connectivity index is 0.000000245. The fourth-order valence-electron chi connectivity index (χ4n) is 10.9. The predicted molar refractivity (Wildman–Crippen MR) is 405 cm³/mol. The van der Waals surface area contributed by atoms with Gasteiger partial charge in [0.2, 0.25) is 12.6 Å². The Bertz CT molecular complexity index is 3760. The second-order valence-corrected chi connectivity index (χ2v) is 28.4. The van der Waals surface area contributed by atoms with E-state index in [1.165, 1.54) is 20.8 Å². The van der Waals surface area contributed by atoms with E-state index in [9.17, 15) is 38.4 Å². The number of carbonyl (C=O) groups is 8. The summed E-state index contributed by atoms with van der Waals surface area (Å²) in [7, 11) is 0. The SMILES string of the molecule is C=Cc1ccc(CCC(C)(C(=O)OC(C)(C)C)C(=O)c2ccccc2)cc1.C=Cc1ccc(CCC(C)(C(C)=O)C(=O)OC(C)(C)c2ccccc2)cc1.C=Cc1ccc(CCC(C)(C(C)=O)C(=O)OC2CC=C(C)O2)cc1.C=Cc1ccc(CCC(C)(C(C)=O)C(=O)OC2CCCCO2)cc1. The molecule has 2 heterocycles.